The summed E-state index contributed by atoms with van der Waals surface area (Å²) >= 11 is 5.98. The van der Waals surface area contributed by atoms with Gasteiger partial charge in [-0.2, -0.15) is 0 Å². The summed E-state index contributed by atoms with van der Waals surface area (Å²) in [6, 6.07) is 3.75. The highest BCUT2D eigenvalue weighted by molar-refractivity contribution is 6.31. The van der Waals surface area contributed by atoms with Crippen LogP contribution in [0.2, 0.25) is 5.02 Å². The van der Waals surface area contributed by atoms with E-state index in [0.29, 0.717) is 18.0 Å². The summed E-state index contributed by atoms with van der Waals surface area (Å²) in [6.07, 6.45) is 2.20. The highest BCUT2D eigenvalue weighted by atomic mass is 35.5. The minimum absolute atomic E-state index is 0.0428. The molecule has 15 heavy (non-hydrogen) atoms. The van der Waals surface area contributed by atoms with Gasteiger partial charge in [0.05, 0.1) is 6.42 Å². The van der Waals surface area contributed by atoms with Gasteiger partial charge in [-0.3, -0.25) is 4.79 Å². The predicted octanol–water partition coefficient (Wildman–Crippen LogP) is 1.73. The van der Waals surface area contributed by atoms with Gasteiger partial charge in [0, 0.05) is 10.7 Å². The Hall–Kier alpha value is -1.06. The van der Waals surface area contributed by atoms with Gasteiger partial charge in [0.1, 0.15) is 0 Å². The van der Waals surface area contributed by atoms with E-state index in [4.69, 9.17) is 17.3 Å². The largest absolute Gasteiger partial charge is 0.330 e. The molecule has 1 aromatic carbocycles. The van der Waals surface area contributed by atoms with E-state index in [1.54, 1.807) is 0 Å². The second kappa shape index (κ2) is 4.21. The van der Waals surface area contributed by atoms with Crippen molar-refractivity contribution < 1.29 is 4.79 Å². The molecule has 0 unspecified atom stereocenters. The molecule has 1 aliphatic heterocycles. The normalized spacial score (nSPS) is 13.9. The molecule has 3 N–H and O–H groups in total. The number of benzene rings is 1. The Kier molecular flexibility index (Phi) is 2.93. The Labute approximate surface area is 93.6 Å². The second-order valence-electron chi connectivity index (χ2n) is 3.72. The highest BCUT2D eigenvalue weighted by Crippen LogP contribution is 2.31. The topological polar surface area (TPSA) is 55.1 Å². The van der Waals surface area contributed by atoms with Crippen LogP contribution in [-0.4, -0.2) is 12.5 Å². The fourth-order valence-electron chi connectivity index (χ4n) is 1.87. The molecular weight excluding hydrogens is 212 g/mol. The van der Waals surface area contributed by atoms with Gasteiger partial charge in [-0.1, -0.05) is 11.6 Å². The summed E-state index contributed by atoms with van der Waals surface area (Å²) in [4.78, 5) is 11.3. The molecule has 0 atom stereocenters. The first-order chi connectivity index (χ1) is 7.20. The summed E-state index contributed by atoms with van der Waals surface area (Å²) in [5.41, 5.74) is 8.50. The highest BCUT2D eigenvalue weighted by Gasteiger charge is 2.20. The zero-order chi connectivity index (χ0) is 10.8. The molecule has 80 valence electrons. The van der Waals surface area contributed by atoms with Crippen LogP contribution in [0.5, 0.6) is 0 Å². The Balaban J connectivity index is 2.34. The molecule has 1 heterocycles. The van der Waals surface area contributed by atoms with E-state index in [1.165, 1.54) is 0 Å². The van der Waals surface area contributed by atoms with E-state index in [1.807, 2.05) is 12.1 Å². The van der Waals surface area contributed by atoms with E-state index in [2.05, 4.69) is 5.32 Å². The number of amides is 1. The number of nitrogens with one attached hydrogen (secondary N) is 1. The maximum atomic E-state index is 11.3. The molecule has 0 fully saturated rings. The first-order valence-corrected chi connectivity index (χ1v) is 5.39. The Morgan fingerprint density at radius 2 is 2.27 bits per heavy atom. The summed E-state index contributed by atoms with van der Waals surface area (Å²) < 4.78 is 0. The molecule has 0 spiro atoms. The fourth-order valence-corrected chi connectivity index (χ4v) is 2.13. The lowest BCUT2D eigenvalue weighted by molar-refractivity contribution is -0.115. The molecule has 0 radical (unpaired) electrons. The lowest BCUT2D eigenvalue weighted by Gasteiger charge is -2.08. The Morgan fingerprint density at radius 1 is 1.47 bits per heavy atom. The minimum Gasteiger partial charge on any atom is -0.330 e. The minimum atomic E-state index is 0.0428. The maximum absolute atomic E-state index is 11.3. The Bertz CT molecular complexity index is 404. The number of carbonyl (C=O) groups excluding carboxylic acids is 1. The van der Waals surface area contributed by atoms with Gasteiger partial charge in [0.25, 0.3) is 0 Å². The Morgan fingerprint density at radius 3 is 3.00 bits per heavy atom. The zero-order valence-corrected chi connectivity index (χ0v) is 9.10. The molecule has 4 heteroatoms. The molecule has 1 aliphatic rings. The second-order valence-corrected chi connectivity index (χ2v) is 4.15. The number of halogens is 1. The van der Waals surface area contributed by atoms with Crippen LogP contribution in [0.3, 0.4) is 0 Å². The van der Waals surface area contributed by atoms with Gasteiger partial charge in [0.2, 0.25) is 5.91 Å². The van der Waals surface area contributed by atoms with E-state index in [-0.39, 0.29) is 5.91 Å². The molecule has 0 saturated heterocycles. The third-order valence-corrected chi connectivity index (χ3v) is 2.75. The lowest BCUT2D eigenvalue weighted by Crippen LogP contribution is -2.06. The molecule has 1 amide bonds. The quantitative estimate of drug-likeness (QED) is 0.822. The van der Waals surface area contributed by atoms with Crippen LogP contribution in [0.4, 0.5) is 5.69 Å². The van der Waals surface area contributed by atoms with Crippen LogP contribution < -0.4 is 11.1 Å². The van der Waals surface area contributed by atoms with E-state index >= 15 is 0 Å². The van der Waals surface area contributed by atoms with Crippen molar-refractivity contribution in [3.05, 3.63) is 28.3 Å². The zero-order valence-electron chi connectivity index (χ0n) is 8.35. The van der Waals surface area contributed by atoms with Gasteiger partial charge in [-0.05, 0) is 42.6 Å². The van der Waals surface area contributed by atoms with Crippen molar-refractivity contribution in [3.8, 4) is 0 Å². The van der Waals surface area contributed by atoms with E-state index in [9.17, 15) is 4.79 Å². The number of aryl methyl sites for hydroxylation is 1. The molecule has 0 aromatic heterocycles. The van der Waals surface area contributed by atoms with E-state index in [0.717, 1.165) is 29.7 Å². The van der Waals surface area contributed by atoms with Gasteiger partial charge in [-0.25, -0.2) is 0 Å². The van der Waals surface area contributed by atoms with Crippen LogP contribution >= 0.6 is 11.6 Å². The monoisotopic (exact) mass is 224 g/mol. The molecule has 0 aliphatic carbocycles. The molecule has 1 aromatic rings. The van der Waals surface area contributed by atoms with Crippen LogP contribution in [0.15, 0.2) is 12.1 Å². The number of anilines is 1. The van der Waals surface area contributed by atoms with Crippen molar-refractivity contribution in [2.45, 2.75) is 19.3 Å². The molecule has 2 rings (SSSR count). The predicted molar refractivity (Wildman–Crippen MR) is 61.2 cm³/mol. The fraction of sp³-hybridized carbons (Fsp3) is 0.364. The van der Waals surface area contributed by atoms with Gasteiger partial charge < -0.3 is 11.1 Å². The van der Waals surface area contributed by atoms with Crippen LogP contribution in [-0.2, 0) is 17.6 Å². The van der Waals surface area contributed by atoms with Gasteiger partial charge in [-0.15, -0.1) is 0 Å². The summed E-state index contributed by atoms with van der Waals surface area (Å²) in [7, 11) is 0. The van der Waals surface area contributed by atoms with E-state index < -0.39 is 0 Å². The van der Waals surface area contributed by atoms with Crippen LogP contribution in [0.1, 0.15) is 17.5 Å². The van der Waals surface area contributed by atoms with Crippen LogP contribution in [0, 0.1) is 0 Å². The standard InChI is InChI=1S/C11H13ClN2O/c12-9-4-7(2-1-3-13)11-8(5-9)6-10(15)14-11/h4-5H,1-3,6,13H2,(H,14,15). The SMILES string of the molecule is NCCCc1cc(Cl)cc2c1NC(=O)C2. The average Bonchev–Trinajstić information content (AvgIpc) is 2.54. The lowest BCUT2D eigenvalue weighted by atomic mass is 10.0. The number of rotatable bonds is 3. The van der Waals surface area contributed by atoms with Crippen molar-refractivity contribution >= 4 is 23.2 Å². The maximum Gasteiger partial charge on any atom is 0.228 e. The first kappa shape index (κ1) is 10.5. The van der Waals surface area contributed by atoms with Gasteiger partial charge >= 0.3 is 0 Å². The molecule has 0 bridgehead atoms. The van der Waals surface area contributed by atoms with Crippen LogP contribution in [0.25, 0.3) is 0 Å². The number of fused-ring (bicyclic) bond motifs is 1. The number of hydrogen-bond acceptors (Lipinski definition) is 2. The molecular formula is C11H13ClN2O. The molecule has 0 saturated carbocycles. The average molecular weight is 225 g/mol. The number of nitrogens with two attached hydrogens (primary N) is 1. The third kappa shape index (κ3) is 2.13. The number of carbonyl (C=O) groups is 1. The van der Waals surface area contributed by atoms with Crippen molar-refractivity contribution in [1.29, 1.82) is 0 Å². The summed E-state index contributed by atoms with van der Waals surface area (Å²) in [6.45, 7) is 0.648. The smallest absolute Gasteiger partial charge is 0.228 e. The summed E-state index contributed by atoms with van der Waals surface area (Å²) in [5, 5.41) is 3.56. The number of hydrogen-bond donors (Lipinski definition) is 2. The first-order valence-electron chi connectivity index (χ1n) is 5.02. The van der Waals surface area contributed by atoms with Crippen molar-refractivity contribution in [2.24, 2.45) is 5.73 Å². The van der Waals surface area contributed by atoms with Crippen molar-refractivity contribution in [2.75, 3.05) is 11.9 Å². The van der Waals surface area contributed by atoms with Crippen molar-refractivity contribution in [3.63, 3.8) is 0 Å². The molecule has 3 nitrogen and oxygen atoms in total. The van der Waals surface area contributed by atoms with Gasteiger partial charge in [0.15, 0.2) is 0 Å². The third-order valence-electron chi connectivity index (χ3n) is 2.53. The van der Waals surface area contributed by atoms with Crippen molar-refractivity contribution in [1.82, 2.24) is 0 Å². The summed E-state index contributed by atoms with van der Waals surface area (Å²) in [5.74, 6) is 0.0428.